The zero-order chi connectivity index (χ0) is 11.1. The van der Waals surface area contributed by atoms with Gasteiger partial charge in [0.1, 0.15) is 0 Å². The summed E-state index contributed by atoms with van der Waals surface area (Å²) in [5.41, 5.74) is 8.02. The zero-order valence-corrected chi connectivity index (χ0v) is 10.2. The van der Waals surface area contributed by atoms with Crippen molar-refractivity contribution < 1.29 is 0 Å². The van der Waals surface area contributed by atoms with Gasteiger partial charge in [0.05, 0.1) is 11.6 Å². The fourth-order valence-electron chi connectivity index (χ4n) is 2.08. The first-order valence-corrected chi connectivity index (χ1v) is 5.85. The Balaban J connectivity index is 2.49. The summed E-state index contributed by atoms with van der Waals surface area (Å²) < 4.78 is 1.07. The van der Waals surface area contributed by atoms with E-state index in [4.69, 9.17) is 11.0 Å². The molecule has 1 aromatic carbocycles. The van der Waals surface area contributed by atoms with Crippen LogP contribution in [0.3, 0.4) is 0 Å². The van der Waals surface area contributed by atoms with Gasteiger partial charge in [-0.25, -0.2) is 0 Å². The molecule has 1 aromatic rings. The molecule has 1 aliphatic rings. The fraction of sp³-hybridized carbons (Fsp3) is 0.417. The second-order valence-corrected chi connectivity index (χ2v) is 5.11. The fourth-order valence-corrected chi connectivity index (χ4v) is 2.72. The number of hydrogen-bond acceptors (Lipinski definition) is 2. The van der Waals surface area contributed by atoms with Gasteiger partial charge in [-0.1, -0.05) is 15.9 Å². The zero-order valence-electron chi connectivity index (χ0n) is 8.63. The van der Waals surface area contributed by atoms with E-state index in [1.807, 2.05) is 25.1 Å². The van der Waals surface area contributed by atoms with E-state index in [2.05, 4.69) is 22.0 Å². The SMILES string of the molecule is CC(N)C1(c2cc(C#N)ccc2Br)CC1. The van der Waals surface area contributed by atoms with Gasteiger partial charge < -0.3 is 5.73 Å². The Bertz CT molecular complexity index is 428. The monoisotopic (exact) mass is 264 g/mol. The van der Waals surface area contributed by atoms with E-state index in [1.165, 1.54) is 5.56 Å². The van der Waals surface area contributed by atoms with Crippen LogP contribution in [0.15, 0.2) is 22.7 Å². The molecule has 15 heavy (non-hydrogen) atoms. The molecular formula is C12H13BrN2. The molecule has 0 saturated heterocycles. The molecule has 1 aliphatic carbocycles. The van der Waals surface area contributed by atoms with Gasteiger partial charge in [-0.05, 0) is 43.5 Å². The molecular weight excluding hydrogens is 252 g/mol. The standard InChI is InChI=1S/C12H13BrN2/c1-8(15)12(4-5-12)10-6-9(7-14)2-3-11(10)13/h2-3,6,8H,4-5,15H2,1H3. The summed E-state index contributed by atoms with van der Waals surface area (Å²) in [6, 6.07) is 8.04. The van der Waals surface area contributed by atoms with Crippen molar-refractivity contribution in [3.63, 3.8) is 0 Å². The Morgan fingerprint density at radius 3 is 2.67 bits per heavy atom. The van der Waals surface area contributed by atoms with Crippen LogP contribution in [0.1, 0.15) is 30.9 Å². The maximum Gasteiger partial charge on any atom is 0.0991 e. The second-order valence-electron chi connectivity index (χ2n) is 4.25. The minimum atomic E-state index is 0.103. The molecule has 1 fully saturated rings. The maximum absolute atomic E-state index is 8.88. The number of nitrogens with two attached hydrogens (primary N) is 1. The Morgan fingerprint density at radius 2 is 2.20 bits per heavy atom. The van der Waals surface area contributed by atoms with Gasteiger partial charge >= 0.3 is 0 Å². The van der Waals surface area contributed by atoms with Crippen LogP contribution in [0.25, 0.3) is 0 Å². The molecule has 0 spiro atoms. The van der Waals surface area contributed by atoms with Crippen LogP contribution < -0.4 is 5.73 Å². The maximum atomic E-state index is 8.88. The average Bonchev–Trinajstić information content (AvgIpc) is 2.99. The third kappa shape index (κ3) is 1.68. The molecule has 0 aliphatic heterocycles. The van der Waals surface area contributed by atoms with Crippen molar-refractivity contribution in [2.75, 3.05) is 0 Å². The highest BCUT2D eigenvalue weighted by Crippen LogP contribution is 2.52. The first kappa shape index (κ1) is 10.7. The molecule has 3 heteroatoms. The van der Waals surface area contributed by atoms with Crippen LogP contribution in [0.5, 0.6) is 0 Å². The number of nitriles is 1. The summed E-state index contributed by atoms with van der Waals surface area (Å²) in [6.07, 6.45) is 2.25. The Morgan fingerprint density at radius 1 is 1.53 bits per heavy atom. The van der Waals surface area contributed by atoms with Gasteiger partial charge in [-0.15, -0.1) is 0 Å². The Labute approximate surface area is 98.2 Å². The van der Waals surface area contributed by atoms with Gasteiger partial charge in [0.2, 0.25) is 0 Å². The highest BCUT2D eigenvalue weighted by Gasteiger charge is 2.48. The molecule has 0 amide bonds. The quantitative estimate of drug-likeness (QED) is 0.893. The van der Waals surface area contributed by atoms with Crippen molar-refractivity contribution in [2.45, 2.75) is 31.2 Å². The van der Waals surface area contributed by atoms with Crippen LogP contribution in [0.4, 0.5) is 0 Å². The van der Waals surface area contributed by atoms with Gasteiger partial charge in [-0.3, -0.25) is 0 Å². The minimum absolute atomic E-state index is 0.103. The van der Waals surface area contributed by atoms with Gasteiger partial charge in [0.15, 0.2) is 0 Å². The van der Waals surface area contributed by atoms with Crippen molar-refractivity contribution in [1.29, 1.82) is 5.26 Å². The molecule has 0 aromatic heterocycles. The van der Waals surface area contributed by atoms with Crippen LogP contribution in [0, 0.1) is 11.3 Å². The lowest BCUT2D eigenvalue weighted by Gasteiger charge is -2.21. The predicted molar refractivity (Wildman–Crippen MR) is 63.4 cm³/mol. The third-order valence-electron chi connectivity index (χ3n) is 3.29. The summed E-state index contributed by atoms with van der Waals surface area (Å²) in [6.45, 7) is 2.04. The summed E-state index contributed by atoms with van der Waals surface area (Å²) in [7, 11) is 0. The van der Waals surface area contributed by atoms with Crippen LogP contribution in [0.2, 0.25) is 0 Å². The van der Waals surface area contributed by atoms with E-state index in [0.717, 1.165) is 17.3 Å². The molecule has 1 saturated carbocycles. The molecule has 0 heterocycles. The molecule has 0 radical (unpaired) electrons. The van der Waals surface area contributed by atoms with E-state index in [0.29, 0.717) is 5.56 Å². The van der Waals surface area contributed by atoms with Crippen molar-refractivity contribution in [1.82, 2.24) is 0 Å². The molecule has 2 nitrogen and oxygen atoms in total. The van der Waals surface area contributed by atoms with E-state index in [-0.39, 0.29) is 11.5 Å². The normalized spacial score (nSPS) is 19.3. The minimum Gasteiger partial charge on any atom is -0.327 e. The molecule has 1 atom stereocenters. The van der Waals surface area contributed by atoms with Gasteiger partial charge in [-0.2, -0.15) is 5.26 Å². The van der Waals surface area contributed by atoms with Gasteiger partial charge in [0, 0.05) is 15.9 Å². The molecule has 1 unspecified atom stereocenters. The first-order valence-electron chi connectivity index (χ1n) is 5.06. The van der Waals surface area contributed by atoms with Crippen LogP contribution in [-0.2, 0) is 5.41 Å². The topological polar surface area (TPSA) is 49.8 Å². The van der Waals surface area contributed by atoms with E-state index < -0.39 is 0 Å². The van der Waals surface area contributed by atoms with Crippen LogP contribution in [-0.4, -0.2) is 6.04 Å². The third-order valence-corrected chi connectivity index (χ3v) is 3.98. The smallest absolute Gasteiger partial charge is 0.0991 e. The average molecular weight is 265 g/mol. The number of nitrogens with zero attached hydrogens (tertiary/aromatic N) is 1. The number of halogens is 1. The summed E-state index contributed by atoms with van der Waals surface area (Å²) >= 11 is 3.54. The largest absolute Gasteiger partial charge is 0.327 e. The lowest BCUT2D eigenvalue weighted by molar-refractivity contribution is 0.554. The van der Waals surface area contributed by atoms with E-state index in [1.54, 1.807) is 0 Å². The number of benzene rings is 1. The van der Waals surface area contributed by atoms with Crippen molar-refractivity contribution in [3.05, 3.63) is 33.8 Å². The van der Waals surface area contributed by atoms with E-state index in [9.17, 15) is 0 Å². The Kier molecular flexibility index (Phi) is 2.57. The molecule has 0 bridgehead atoms. The number of rotatable bonds is 2. The summed E-state index contributed by atoms with van der Waals surface area (Å²) in [5.74, 6) is 0. The molecule has 2 rings (SSSR count). The molecule has 78 valence electrons. The lowest BCUT2D eigenvalue weighted by atomic mass is 9.88. The van der Waals surface area contributed by atoms with Crippen LogP contribution >= 0.6 is 15.9 Å². The lowest BCUT2D eigenvalue weighted by Crippen LogP contribution is -2.31. The number of hydrogen-bond donors (Lipinski definition) is 1. The van der Waals surface area contributed by atoms with Crippen molar-refractivity contribution >= 4 is 15.9 Å². The highest BCUT2D eigenvalue weighted by atomic mass is 79.9. The Hall–Kier alpha value is -0.850. The summed E-state index contributed by atoms with van der Waals surface area (Å²) in [5, 5.41) is 8.88. The summed E-state index contributed by atoms with van der Waals surface area (Å²) in [4.78, 5) is 0. The van der Waals surface area contributed by atoms with E-state index >= 15 is 0 Å². The first-order chi connectivity index (χ1) is 7.10. The van der Waals surface area contributed by atoms with Crippen molar-refractivity contribution in [3.8, 4) is 6.07 Å². The van der Waals surface area contributed by atoms with Crippen molar-refractivity contribution in [2.24, 2.45) is 5.73 Å². The highest BCUT2D eigenvalue weighted by molar-refractivity contribution is 9.10. The van der Waals surface area contributed by atoms with Gasteiger partial charge in [0.25, 0.3) is 0 Å². The second kappa shape index (κ2) is 3.62. The molecule has 2 N–H and O–H groups in total. The predicted octanol–water partition coefficient (Wildman–Crippen LogP) is 2.70.